The molecule has 5 nitrogen and oxygen atoms in total. The summed E-state index contributed by atoms with van der Waals surface area (Å²) in [6.07, 6.45) is 0.909. The molecule has 2 heterocycles. The lowest BCUT2D eigenvalue weighted by molar-refractivity contribution is 0.0697. The fourth-order valence-electron chi connectivity index (χ4n) is 1.75. The number of pyridine rings is 1. The van der Waals surface area contributed by atoms with Crippen molar-refractivity contribution in [2.45, 2.75) is 33.2 Å². The molecule has 0 radical (unpaired) electrons. The highest BCUT2D eigenvalue weighted by Gasteiger charge is 2.20. The highest BCUT2D eigenvalue weighted by molar-refractivity contribution is 7.16. The Kier molecular flexibility index (Phi) is 3.47. The van der Waals surface area contributed by atoms with Crippen LogP contribution in [-0.4, -0.2) is 27.1 Å². The maximum Gasteiger partial charge on any atom is 0.339 e. The van der Waals surface area contributed by atoms with Gasteiger partial charge in [-0.15, -0.1) is 11.3 Å². The van der Waals surface area contributed by atoms with Gasteiger partial charge in [-0.3, -0.25) is 0 Å². The second-order valence-electron chi connectivity index (χ2n) is 4.21. The van der Waals surface area contributed by atoms with E-state index in [9.17, 15) is 9.90 Å². The average molecular weight is 265 g/mol. The van der Waals surface area contributed by atoms with E-state index >= 15 is 0 Å². The van der Waals surface area contributed by atoms with E-state index in [1.165, 1.54) is 11.3 Å². The second kappa shape index (κ2) is 4.89. The molecule has 0 bridgehead atoms. The number of aromatic carboxylic acids is 1. The SMILES string of the molecule is CCC(C)Nc1c(C(=O)O)c(C)nc2scnc12. The Morgan fingerprint density at radius 3 is 2.94 bits per heavy atom. The summed E-state index contributed by atoms with van der Waals surface area (Å²) in [4.78, 5) is 20.6. The molecule has 18 heavy (non-hydrogen) atoms. The molecule has 1 atom stereocenters. The lowest BCUT2D eigenvalue weighted by Gasteiger charge is -2.16. The van der Waals surface area contributed by atoms with Gasteiger partial charge < -0.3 is 10.4 Å². The van der Waals surface area contributed by atoms with Crippen molar-refractivity contribution in [3.63, 3.8) is 0 Å². The van der Waals surface area contributed by atoms with E-state index in [0.29, 0.717) is 16.9 Å². The Hall–Kier alpha value is -1.69. The zero-order valence-electron chi connectivity index (χ0n) is 10.5. The third-order valence-corrected chi connectivity index (χ3v) is 3.60. The minimum Gasteiger partial charge on any atom is -0.478 e. The third-order valence-electron chi connectivity index (χ3n) is 2.88. The summed E-state index contributed by atoms with van der Waals surface area (Å²) in [5.74, 6) is -0.972. The van der Waals surface area contributed by atoms with Crippen molar-refractivity contribution >= 4 is 33.3 Å². The molecule has 2 aromatic rings. The molecule has 1 unspecified atom stereocenters. The van der Waals surface area contributed by atoms with E-state index in [-0.39, 0.29) is 11.6 Å². The normalized spacial score (nSPS) is 12.6. The monoisotopic (exact) mass is 265 g/mol. The first-order valence-corrected chi connectivity index (χ1v) is 6.66. The van der Waals surface area contributed by atoms with Crippen LogP contribution in [-0.2, 0) is 0 Å². The number of carbonyl (C=O) groups is 1. The van der Waals surface area contributed by atoms with E-state index in [1.807, 2.05) is 13.8 Å². The molecule has 6 heteroatoms. The summed E-state index contributed by atoms with van der Waals surface area (Å²) in [6.45, 7) is 5.77. The minimum absolute atomic E-state index is 0.190. The molecule has 0 aromatic carbocycles. The van der Waals surface area contributed by atoms with Gasteiger partial charge in [-0.05, 0) is 20.3 Å². The molecule has 0 fully saturated rings. The summed E-state index contributed by atoms with van der Waals surface area (Å²) in [5.41, 5.74) is 3.65. The highest BCUT2D eigenvalue weighted by Crippen LogP contribution is 2.30. The number of carboxylic acid groups (broad SMARTS) is 1. The van der Waals surface area contributed by atoms with E-state index in [2.05, 4.69) is 15.3 Å². The van der Waals surface area contributed by atoms with Gasteiger partial charge in [-0.1, -0.05) is 6.92 Å². The van der Waals surface area contributed by atoms with Crippen LogP contribution in [0.4, 0.5) is 5.69 Å². The number of aromatic nitrogens is 2. The van der Waals surface area contributed by atoms with Crippen LogP contribution in [0.2, 0.25) is 0 Å². The van der Waals surface area contributed by atoms with Gasteiger partial charge in [0.2, 0.25) is 0 Å². The first kappa shape index (κ1) is 12.8. The van der Waals surface area contributed by atoms with Gasteiger partial charge in [0.1, 0.15) is 15.9 Å². The molecule has 2 N–H and O–H groups in total. The van der Waals surface area contributed by atoms with Crippen molar-refractivity contribution in [2.24, 2.45) is 0 Å². The minimum atomic E-state index is -0.972. The molecule has 0 saturated carbocycles. The summed E-state index contributed by atoms with van der Waals surface area (Å²) in [6, 6.07) is 0.190. The molecule has 0 aliphatic rings. The average Bonchev–Trinajstić information content (AvgIpc) is 2.75. The summed E-state index contributed by atoms with van der Waals surface area (Å²) in [5, 5.41) is 12.6. The van der Waals surface area contributed by atoms with Crippen LogP contribution in [0.15, 0.2) is 5.51 Å². The van der Waals surface area contributed by atoms with Crippen molar-refractivity contribution in [2.75, 3.05) is 5.32 Å². The second-order valence-corrected chi connectivity index (χ2v) is 5.05. The lowest BCUT2D eigenvalue weighted by atomic mass is 10.1. The number of carboxylic acids is 1. The molecule has 96 valence electrons. The van der Waals surface area contributed by atoms with Crippen LogP contribution >= 0.6 is 11.3 Å². The van der Waals surface area contributed by atoms with E-state index < -0.39 is 5.97 Å². The van der Waals surface area contributed by atoms with Crippen LogP contribution in [0.5, 0.6) is 0 Å². The lowest BCUT2D eigenvalue weighted by Crippen LogP contribution is -2.18. The Morgan fingerprint density at radius 1 is 1.61 bits per heavy atom. The van der Waals surface area contributed by atoms with Gasteiger partial charge in [-0.2, -0.15) is 0 Å². The van der Waals surface area contributed by atoms with E-state index in [1.54, 1.807) is 12.4 Å². The van der Waals surface area contributed by atoms with E-state index in [0.717, 1.165) is 11.3 Å². The number of fused-ring (bicyclic) bond motifs is 1. The van der Waals surface area contributed by atoms with E-state index in [4.69, 9.17) is 0 Å². The number of nitrogens with one attached hydrogen (secondary N) is 1. The van der Waals surface area contributed by atoms with Gasteiger partial charge >= 0.3 is 5.97 Å². The number of hydrogen-bond acceptors (Lipinski definition) is 5. The third kappa shape index (κ3) is 2.15. The van der Waals surface area contributed by atoms with Gasteiger partial charge in [-0.25, -0.2) is 14.8 Å². The molecule has 2 rings (SSSR count). The predicted molar refractivity (Wildman–Crippen MR) is 72.5 cm³/mol. The maximum atomic E-state index is 11.4. The standard InChI is InChI=1S/C12H15N3O2S/c1-4-6(2)14-9-8(12(16)17)7(3)15-11-10(9)13-5-18-11/h5-6H,4H2,1-3H3,(H,14,15)(H,16,17). The van der Waals surface area contributed by atoms with Crippen LogP contribution < -0.4 is 5.32 Å². The molecular weight excluding hydrogens is 250 g/mol. The van der Waals surface area contributed by atoms with Crippen LogP contribution in [0, 0.1) is 6.92 Å². The largest absolute Gasteiger partial charge is 0.478 e. The zero-order valence-corrected chi connectivity index (χ0v) is 11.3. The molecular formula is C12H15N3O2S. The molecule has 0 amide bonds. The number of anilines is 1. The molecule has 0 spiro atoms. The Labute approximate surface area is 109 Å². The number of aryl methyl sites for hydroxylation is 1. The van der Waals surface area contributed by atoms with Crippen molar-refractivity contribution in [3.05, 3.63) is 16.8 Å². The van der Waals surface area contributed by atoms with Crippen LogP contribution in [0.1, 0.15) is 36.3 Å². The first-order chi connectivity index (χ1) is 8.54. The fourth-order valence-corrected chi connectivity index (χ4v) is 2.46. The van der Waals surface area contributed by atoms with Gasteiger partial charge in [0.25, 0.3) is 0 Å². The van der Waals surface area contributed by atoms with Gasteiger partial charge in [0, 0.05) is 6.04 Å². The van der Waals surface area contributed by atoms with Crippen molar-refractivity contribution in [1.29, 1.82) is 0 Å². The summed E-state index contributed by atoms with van der Waals surface area (Å²) in [7, 11) is 0. The molecule has 0 saturated heterocycles. The Balaban J connectivity index is 2.67. The first-order valence-electron chi connectivity index (χ1n) is 5.78. The molecule has 2 aromatic heterocycles. The van der Waals surface area contributed by atoms with Gasteiger partial charge in [0.15, 0.2) is 0 Å². The van der Waals surface area contributed by atoms with Crippen molar-refractivity contribution in [1.82, 2.24) is 9.97 Å². The number of rotatable bonds is 4. The Morgan fingerprint density at radius 2 is 2.33 bits per heavy atom. The highest BCUT2D eigenvalue weighted by atomic mass is 32.1. The number of thiazole rings is 1. The number of nitrogens with zero attached hydrogens (tertiary/aromatic N) is 2. The molecule has 0 aliphatic heterocycles. The Bertz CT molecular complexity index is 594. The van der Waals surface area contributed by atoms with Crippen molar-refractivity contribution in [3.8, 4) is 0 Å². The quantitative estimate of drug-likeness (QED) is 0.889. The summed E-state index contributed by atoms with van der Waals surface area (Å²) >= 11 is 1.42. The predicted octanol–water partition coefficient (Wildman–Crippen LogP) is 2.91. The summed E-state index contributed by atoms with van der Waals surface area (Å²) < 4.78 is 0. The van der Waals surface area contributed by atoms with Crippen molar-refractivity contribution < 1.29 is 9.90 Å². The number of hydrogen-bond donors (Lipinski definition) is 2. The zero-order chi connectivity index (χ0) is 13.3. The topological polar surface area (TPSA) is 75.1 Å². The fraction of sp³-hybridized carbons (Fsp3) is 0.417. The maximum absolute atomic E-state index is 11.4. The van der Waals surface area contributed by atoms with Crippen LogP contribution in [0.3, 0.4) is 0 Å². The smallest absolute Gasteiger partial charge is 0.339 e. The van der Waals surface area contributed by atoms with Gasteiger partial charge in [0.05, 0.1) is 16.9 Å². The van der Waals surface area contributed by atoms with Crippen LogP contribution in [0.25, 0.3) is 10.3 Å². The molecule has 0 aliphatic carbocycles.